The number of rotatable bonds is 3. The zero-order valence-electron chi connectivity index (χ0n) is 14.2. The lowest BCUT2D eigenvalue weighted by Crippen LogP contribution is -2.57. The monoisotopic (exact) mass is 379 g/mol. The van der Waals surface area contributed by atoms with Gasteiger partial charge in [0.15, 0.2) is 0 Å². The number of allylic oxidation sites excluding steroid dienone is 1. The maximum atomic E-state index is 12.7. The number of hydrogen-bond acceptors (Lipinski definition) is 6. The Morgan fingerprint density at radius 1 is 1.19 bits per heavy atom. The van der Waals surface area contributed by atoms with Gasteiger partial charge < -0.3 is 15.5 Å². The fraction of sp³-hybridized carbons (Fsp3) is 0.588. The minimum absolute atomic E-state index is 0.288. The van der Waals surface area contributed by atoms with Gasteiger partial charge in [-0.05, 0) is 56.0 Å². The summed E-state index contributed by atoms with van der Waals surface area (Å²) in [6, 6.07) is -0.543. The second kappa shape index (κ2) is 6.31. The van der Waals surface area contributed by atoms with Crippen LogP contribution < -0.4 is 10.7 Å². The van der Waals surface area contributed by atoms with Crippen LogP contribution >= 0.6 is 11.9 Å². The van der Waals surface area contributed by atoms with Gasteiger partial charge >= 0.3 is 5.97 Å². The summed E-state index contributed by atoms with van der Waals surface area (Å²) < 4.78 is 1.59. The van der Waals surface area contributed by atoms with Crippen LogP contribution in [0, 0.1) is 0 Å². The number of aliphatic carboxylic acids is 1. The number of nitrogens with zero attached hydrogens (tertiary/aromatic N) is 1. The van der Waals surface area contributed by atoms with Gasteiger partial charge in [0.2, 0.25) is 0 Å². The molecule has 2 aliphatic heterocycles. The molecule has 8 nitrogen and oxygen atoms in total. The summed E-state index contributed by atoms with van der Waals surface area (Å²) in [7, 11) is 0. The van der Waals surface area contributed by atoms with Crippen molar-refractivity contribution in [3.05, 3.63) is 21.8 Å². The van der Waals surface area contributed by atoms with Crippen LogP contribution in [0.15, 0.2) is 21.8 Å². The summed E-state index contributed by atoms with van der Waals surface area (Å²) in [5, 5.41) is 22.8. The molecular formula is C17H21N3O5S. The predicted octanol–water partition coefficient (Wildman–Crippen LogP) is 1.52. The molecule has 4 aliphatic rings. The third-order valence-electron chi connectivity index (χ3n) is 5.63. The second-order valence-electron chi connectivity index (χ2n) is 7.22. The minimum atomic E-state index is -1.36. The van der Waals surface area contributed by atoms with Crippen molar-refractivity contribution >= 4 is 29.7 Å². The number of carboxylic acids is 1. The number of carbonyl (C=O) groups excluding carboxylic acids is 2. The Morgan fingerprint density at radius 2 is 1.88 bits per heavy atom. The van der Waals surface area contributed by atoms with E-state index in [2.05, 4.69) is 10.7 Å². The molecule has 0 bridgehead atoms. The van der Waals surface area contributed by atoms with Crippen LogP contribution in [-0.4, -0.2) is 44.0 Å². The summed E-state index contributed by atoms with van der Waals surface area (Å²) >= 11 is 1.40. The largest absolute Gasteiger partial charge is 0.509 e. The highest BCUT2D eigenvalue weighted by molar-refractivity contribution is 8.01. The molecule has 1 saturated carbocycles. The molecular weight excluding hydrogens is 358 g/mol. The Kier molecular flexibility index (Phi) is 4.23. The SMILES string of the molecule is O=C1NN2SC3=C(CCCC3)C2C(O)=C1C(=O)NC1(C(=O)O)CCCC1. The first-order valence-corrected chi connectivity index (χ1v) is 9.69. The van der Waals surface area contributed by atoms with Gasteiger partial charge in [0.05, 0.1) is 0 Å². The molecule has 1 atom stereocenters. The summed E-state index contributed by atoms with van der Waals surface area (Å²) in [6.07, 6.45) is 5.85. The molecule has 2 amide bonds. The van der Waals surface area contributed by atoms with Crippen molar-refractivity contribution in [3.8, 4) is 0 Å². The maximum Gasteiger partial charge on any atom is 0.329 e. The lowest BCUT2D eigenvalue weighted by atomic mass is 9.90. The molecule has 0 aromatic carbocycles. The summed E-state index contributed by atoms with van der Waals surface area (Å²) in [5.41, 5.74) is 1.96. The number of fused-ring (bicyclic) bond motifs is 2. The average Bonchev–Trinajstić information content (AvgIpc) is 3.19. The van der Waals surface area contributed by atoms with E-state index < -0.39 is 29.4 Å². The van der Waals surface area contributed by atoms with Gasteiger partial charge in [0.25, 0.3) is 11.8 Å². The van der Waals surface area contributed by atoms with E-state index in [-0.39, 0.29) is 11.3 Å². The standard InChI is InChI=1S/C17H21N3O5S/c21-13-11(14(22)18-17(16(24)25)7-3-4-8-17)15(23)19-20-12(13)9-5-1-2-6-10(9)26-20/h12,21H,1-8H2,(H,18,22)(H,19,23)(H,24,25). The normalized spacial score (nSPS) is 27.8. The molecule has 9 heteroatoms. The van der Waals surface area contributed by atoms with Crippen LogP contribution in [0.3, 0.4) is 0 Å². The van der Waals surface area contributed by atoms with E-state index >= 15 is 0 Å². The molecule has 2 aliphatic carbocycles. The van der Waals surface area contributed by atoms with Crippen molar-refractivity contribution in [2.24, 2.45) is 0 Å². The van der Waals surface area contributed by atoms with E-state index in [1.54, 1.807) is 4.41 Å². The zero-order chi connectivity index (χ0) is 18.5. The number of hydrogen-bond donors (Lipinski definition) is 4. The smallest absolute Gasteiger partial charge is 0.329 e. The first-order chi connectivity index (χ1) is 12.4. The first-order valence-electron chi connectivity index (χ1n) is 8.92. The quantitative estimate of drug-likeness (QED) is 0.433. The lowest BCUT2D eigenvalue weighted by Gasteiger charge is -2.32. The highest BCUT2D eigenvalue weighted by Gasteiger charge is 2.48. The average molecular weight is 379 g/mol. The Balaban J connectivity index is 1.65. The van der Waals surface area contributed by atoms with Gasteiger partial charge in [-0.25, -0.2) is 4.79 Å². The fourth-order valence-electron chi connectivity index (χ4n) is 4.25. The predicted molar refractivity (Wildman–Crippen MR) is 93.5 cm³/mol. The van der Waals surface area contributed by atoms with Gasteiger partial charge in [-0.3, -0.25) is 15.0 Å². The van der Waals surface area contributed by atoms with E-state index in [1.165, 1.54) is 11.9 Å². The molecule has 0 radical (unpaired) electrons. The zero-order valence-corrected chi connectivity index (χ0v) is 15.0. The molecule has 1 unspecified atom stereocenters. The van der Waals surface area contributed by atoms with Crippen LogP contribution in [-0.2, 0) is 14.4 Å². The molecule has 0 aromatic heterocycles. The van der Waals surface area contributed by atoms with Crippen LogP contribution in [0.5, 0.6) is 0 Å². The number of nitrogens with one attached hydrogen (secondary N) is 2. The number of aliphatic hydroxyl groups is 1. The fourth-order valence-corrected chi connectivity index (χ4v) is 5.52. The number of hydrazine groups is 1. The molecule has 2 heterocycles. The molecule has 0 saturated heterocycles. The van der Waals surface area contributed by atoms with Crippen LogP contribution in [0.1, 0.15) is 51.4 Å². The first kappa shape index (κ1) is 17.4. The van der Waals surface area contributed by atoms with Crippen molar-refractivity contribution in [1.82, 2.24) is 15.2 Å². The minimum Gasteiger partial charge on any atom is -0.509 e. The number of carbonyl (C=O) groups is 3. The van der Waals surface area contributed by atoms with Gasteiger partial charge in [0, 0.05) is 4.91 Å². The van der Waals surface area contributed by atoms with Crippen molar-refractivity contribution in [1.29, 1.82) is 0 Å². The third kappa shape index (κ3) is 2.61. The molecule has 0 aromatic rings. The molecule has 4 N–H and O–H groups in total. The summed E-state index contributed by atoms with van der Waals surface area (Å²) in [6.45, 7) is 0. The maximum absolute atomic E-state index is 12.7. The van der Waals surface area contributed by atoms with Gasteiger partial charge in [-0.15, -0.1) is 4.41 Å². The Labute approximate surface area is 154 Å². The molecule has 4 rings (SSSR count). The van der Waals surface area contributed by atoms with E-state index in [0.29, 0.717) is 25.7 Å². The highest BCUT2D eigenvalue weighted by Crippen LogP contribution is 2.47. The highest BCUT2D eigenvalue weighted by atomic mass is 32.2. The Hall–Kier alpha value is -2.00. The van der Waals surface area contributed by atoms with Crippen molar-refractivity contribution in [2.75, 3.05) is 0 Å². The van der Waals surface area contributed by atoms with E-state index in [1.807, 2.05) is 0 Å². The third-order valence-corrected chi connectivity index (χ3v) is 6.82. The number of amides is 2. The summed E-state index contributed by atoms with van der Waals surface area (Å²) in [5.74, 6) is -2.92. The van der Waals surface area contributed by atoms with Gasteiger partial charge in [-0.2, -0.15) is 0 Å². The second-order valence-corrected chi connectivity index (χ2v) is 8.29. The van der Waals surface area contributed by atoms with E-state index in [4.69, 9.17) is 0 Å². The number of carboxylic acid groups (broad SMARTS) is 1. The van der Waals surface area contributed by atoms with Crippen LogP contribution in [0.4, 0.5) is 0 Å². The lowest BCUT2D eigenvalue weighted by molar-refractivity contribution is -0.147. The number of aliphatic hydroxyl groups excluding tert-OH is 1. The van der Waals surface area contributed by atoms with Crippen molar-refractivity contribution in [3.63, 3.8) is 0 Å². The topological polar surface area (TPSA) is 119 Å². The molecule has 0 spiro atoms. The van der Waals surface area contributed by atoms with Crippen molar-refractivity contribution in [2.45, 2.75) is 62.9 Å². The van der Waals surface area contributed by atoms with Gasteiger partial charge in [-0.1, -0.05) is 12.8 Å². The Bertz CT molecular complexity index is 753. The van der Waals surface area contributed by atoms with E-state index in [9.17, 15) is 24.6 Å². The molecule has 26 heavy (non-hydrogen) atoms. The Morgan fingerprint density at radius 3 is 2.58 bits per heavy atom. The summed E-state index contributed by atoms with van der Waals surface area (Å²) in [4.78, 5) is 38.0. The molecule has 1 fully saturated rings. The van der Waals surface area contributed by atoms with Crippen LogP contribution in [0.25, 0.3) is 0 Å². The van der Waals surface area contributed by atoms with Crippen molar-refractivity contribution < 1.29 is 24.6 Å². The van der Waals surface area contributed by atoms with E-state index in [0.717, 1.165) is 36.2 Å². The molecule has 140 valence electrons. The van der Waals surface area contributed by atoms with Crippen LogP contribution in [0.2, 0.25) is 0 Å². The van der Waals surface area contributed by atoms with Gasteiger partial charge in [0.1, 0.15) is 22.9 Å².